The van der Waals surface area contributed by atoms with Gasteiger partial charge >= 0.3 is 0 Å². The quantitative estimate of drug-likeness (QED) is 0.735. The zero-order valence-corrected chi connectivity index (χ0v) is 15.2. The van der Waals surface area contributed by atoms with Crippen molar-refractivity contribution in [2.24, 2.45) is 0 Å². The number of hydrogen-bond acceptors (Lipinski definition) is 5. The summed E-state index contributed by atoms with van der Waals surface area (Å²) in [6, 6.07) is 14.1. The molecular formula is C19H18ClN5O2. The Morgan fingerprint density at radius 3 is 2.63 bits per heavy atom. The van der Waals surface area contributed by atoms with Crippen LogP contribution in [-0.2, 0) is 9.59 Å². The molecule has 0 aliphatic carbocycles. The molecule has 0 radical (unpaired) electrons. The predicted molar refractivity (Wildman–Crippen MR) is 105 cm³/mol. The highest BCUT2D eigenvalue weighted by molar-refractivity contribution is 6.33. The van der Waals surface area contributed by atoms with Crippen molar-refractivity contribution in [3.8, 4) is 6.07 Å². The van der Waals surface area contributed by atoms with Crippen molar-refractivity contribution in [3.63, 3.8) is 0 Å². The summed E-state index contributed by atoms with van der Waals surface area (Å²) in [6.45, 7) is 1.61. The van der Waals surface area contributed by atoms with Gasteiger partial charge in [0.15, 0.2) is 0 Å². The minimum atomic E-state index is -0.222. The van der Waals surface area contributed by atoms with Crippen LogP contribution < -0.4 is 20.9 Å². The van der Waals surface area contributed by atoms with E-state index < -0.39 is 0 Å². The standard InChI is InChI=1S/C19H18ClN5O2/c20-16-9-15(5-6-17(16)25-8-7-22-19(27)12-25)24-18(26)11-23-14-3-1-13(10-21)2-4-14/h1-6,9,23H,7-8,11-12H2,(H,22,27)(H,24,26). The molecule has 1 heterocycles. The van der Waals surface area contributed by atoms with E-state index >= 15 is 0 Å². The normalized spacial score (nSPS) is 13.5. The Labute approximate surface area is 161 Å². The molecule has 0 aromatic heterocycles. The third-order valence-electron chi connectivity index (χ3n) is 4.08. The third-order valence-corrected chi connectivity index (χ3v) is 4.38. The molecule has 1 saturated heterocycles. The van der Waals surface area contributed by atoms with Crippen LogP contribution >= 0.6 is 11.6 Å². The first-order valence-corrected chi connectivity index (χ1v) is 8.78. The van der Waals surface area contributed by atoms with E-state index in [1.165, 1.54) is 0 Å². The fraction of sp³-hybridized carbons (Fsp3) is 0.211. The van der Waals surface area contributed by atoms with Crippen LogP contribution in [0.4, 0.5) is 17.1 Å². The van der Waals surface area contributed by atoms with Crippen LogP contribution in [-0.4, -0.2) is 38.0 Å². The average Bonchev–Trinajstić information content (AvgIpc) is 2.67. The first-order chi connectivity index (χ1) is 13.0. The molecule has 0 saturated carbocycles. The van der Waals surface area contributed by atoms with Gasteiger partial charge in [0.1, 0.15) is 0 Å². The summed E-state index contributed by atoms with van der Waals surface area (Å²) >= 11 is 6.33. The lowest BCUT2D eigenvalue weighted by Gasteiger charge is -2.29. The van der Waals surface area contributed by atoms with Crippen molar-refractivity contribution >= 4 is 40.5 Å². The van der Waals surface area contributed by atoms with Crippen LogP contribution in [0.1, 0.15) is 5.56 Å². The number of benzene rings is 2. The molecule has 27 heavy (non-hydrogen) atoms. The highest BCUT2D eigenvalue weighted by Gasteiger charge is 2.18. The van der Waals surface area contributed by atoms with Gasteiger partial charge in [0.2, 0.25) is 11.8 Å². The van der Waals surface area contributed by atoms with Gasteiger partial charge in [-0.2, -0.15) is 5.26 Å². The molecule has 7 nitrogen and oxygen atoms in total. The highest BCUT2D eigenvalue weighted by Crippen LogP contribution is 2.29. The van der Waals surface area contributed by atoms with Crippen molar-refractivity contribution in [1.29, 1.82) is 5.26 Å². The van der Waals surface area contributed by atoms with Gasteiger partial charge in [0, 0.05) is 24.5 Å². The molecule has 3 rings (SSSR count). The second-order valence-corrected chi connectivity index (χ2v) is 6.44. The van der Waals surface area contributed by atoms with Gasteiger partial charge in [-0.05, 0) is 42.5 Å². The summed E-state index contributed by atoms with van der Waals surface area (Å²) in [6.07, 6.45) is 0. The molecule has 8 heteroatoms. The molecular weight excluding hydrogens is 366 g/mol. The van der Waals surface area contributed by atoms with E-state index in [2.05, 4.69) is 16.0 Å². The second kappa shape index (κ2) is 8.43. The molecule has 0 bridgehead atoms. The van der Waals surface area contributed by atoms with Gasteiger partial charge in [-0.3, -0.25) is 9.59 Å². The fourth-order valence-corrected chi connectivity index (χ4v) is 3.04. The van der Waals surface area contributed by atoms with Crippen LogP contribution in [0.25, 0.3) is 0 Å². The van der Waals surface area contributed by atoms with Crippen LogP contribution in [0.15, 0.2) is 42.5 Å². The number of nitriles is 1. The average molecular weight is 384 g/mol. The number of nitrogens with zero attached hydrogens (tertiary/aromatic N) is 2. The lowest BCUT2D eigenvalue weighted by atomic mass is 10.2. The number of carbonyl (C=O) groups is 2. The van der Waals surface area contributed by atoms with Crippen LogP contribution in [0.3, 0.4) is 0 Å². The van der Waals surface area contributed by atoms with Crippen molar-refractivity contribution < 1.29 is 9.59 Å². The second-order valence-electron chi connectivity index (χ2n) is 6.03. The van der Waals surface area contributed by atoms with E-state index in [1.807, 2.05) is 11.0 Å². The van der Waals surface area contributed by atoms with Gasteiger partial charge in [0.05, 0.1) is 35.4 Å². The number of rotatable bonds is 5. The summed E-state index contributed by atoms with van der Waals surface area (Å²) in [4.78, 5) is 25.5. The van der Waals surface area contributed by atoms with Gasteiger partial charge < -0.3 is 20.9 Å². The third kappa shape index (κ3) is 4.90. The predicted octanol–water partition coefficient (Wildman–Crippen LogP) is 2.20. The molecule has 0 spiro atoms. The summed E-state index contributed by atoms with van der Waals surface area (Å²) in [5.41, 5.74) is 2.66. The van der Waals surface area contributed by atoms with Crippen molar-refractivity contribution in [2.75, 3.05) is 41.7 Å². The van der Waals surface area contributed by atoms with Gasteiger partial charge in [-0.15, -0.1) is 0 Å². The number of anilines is 3. The molecule has 2 amide bonds. The van der Waals surface area contributed by atoms with Crippen molar-refractivity contribution in [3.05, 3.63) is 53.1 Å². The molecule has 2 aromatic rings. The largest absolute Gasteiger partial charge is 0.376 e. The molecule has 138 valence electrons. The number of hydrogen-bond donors (Lipinski definition) is 3. The number of amides is 2. The van der Waals surface area contributed by atoms with E-state index in [0.717, 1.165) is 11.4 Å². The molecule has 2 aromatic carbocycles. The molecule has 0 unspecified atom stereocenters. The smallest absolute Gasteiger partial charge is 0.243 e. The Morgan fingerprint density at radius 2 is 1.96 bits per heavy atom. The molecule has 1 aliphatic rings. The SMILES string of the molecule is N#Cc1ccc(NCC(=O)Nc2ccc(N3CCNC(=O)C3)c(Cl)c2)cc1. The maximum atomic E-state index is 12.1. The first kappa shape index (κ1) is 18.5. The minimum Gasteiger partial charge on any atom is -0.376 e. The number of carbonyl (C=O) groups excluding carboxylic acids is 2. The lowest BCUT2D eigenvalue weighted by molar-refractivity contribution is -0.120. The number of piperazine rings is 1. The lowest BCUT2D eigenvalue weighted by Crippen LogP contribution is -2.47. The molecule has 1 fully saturated rings. The molecule has 0 atom stereocenters. The zero-order valence-electron chi connectivity index (χ0n) is 14.5. The highest BCUT2D eigenvalue weighted by atomic mass is 35.5. The maximum absolute atomic E-state index is 12.1. The Kier molecular flexibility index (Phi) is 5.79. The summed E-state index contributed by atoms with van der Waals surface area (Å²) < 4.78 is 0. The van der Waals surface area contributed by atoms with Crippen LogP contribution in [0.2, 0.25) is 5.02 Å². The zero-order chi connectivity index (χ0) is 19.2. The number of nitrogens with one attached hydrogen (secondary N) is 3. The molecule has 3 N–H and O–H groups in total. The van der Waals surface area contributed by atoms with E-state index in [1.54, 1.807) is 42.5 Å². The van der Waals surface area contributed by atoms with Crippen LogP contribution in [0, 0.1) is 11.3 Å². The van der Waals surface area contributed by atoms with Crippen molar-refractivity contribution in [1.82, 2.24) is 5.32 Å². The minimum absolute atomic E-state index is 0.0384. The number of halogens is 1. The van der Waals surface area contributed by atoms with Crippen molar-refractivity contribution in [2.45, 2.75) is 0 Å². The summed E-state index contributed by atoms with van der Waals surface area (Å²) in [7, 11) is 0. The van der Waals surface area contributed by atoms with E-state index in [4.69, 9.17) is 16.9 Å². The first-order valence-electron chi connectivity index (χ1n) is 8.40. The Bertz CT molecular complexity index is 892. The Hall–Kier alpha value is -3.24. The van der Waals surface area contributed by atoms with Gasteiger partial charge in [0.25, 0.3) is 0 Å². The summed E-state index contributed by atoms with van der Waals surface area (Å²) in [5.74, 6) is -0.260. The molecule has 1 aliphatic heterocycles. The Morgan fingerprint density at radius 1 is 1.22 bits per heavy atom. The monoisotopic (exact) mass is 383 g/mol. The van der Waals surface area contributed by atoms with Gasteiger partial charge in [-0.25, -0.2) is 0 Å². The van der Waals surface area contributed by atoms with E-state index in [-0.39, 0.29) is 24.9 Å². The fourth-order valence-electron chi connectivity index (χ4n) is 2.74. The topological polar surface area (TPSA) is 97.3 Å². The van der Waals surface area contributed by atoms with Gasteiger partial charge in [-0.1, -0.05) is 11.6 Å². The van der Waals surface area contributed by atoms with E-state index in [0.29, 0.717) is 29.4 Å². The Balaban J connectivity index is 1.56. The maximum Gasteiger partial charge on any atom is 0.243 e. The van der Waals surface area contributed by atoms with Crippen LogP contribution in [0.5, 0.6) is 0 Å². The van der Waals surface area contributed by atoms with E-state index in [9.17, 15) is 9.59 Å². The summed E-state index contributed by atoms with van der Waals surface area (Å²) in [5, 5.41) is 17.8.